The predicted octanol–water partition coefficient (Wildman–Crippen LogP) is 1.79. The molecule has 3 aromatic heterocycles. The van der Waals surface area contributed by atoms with Gasteiger partial charge in [-0.15, -0.1) is 0 Å². The van der Waals surface area contributed by atoms with Gasteiger partial charge in [0.25, 0.3) is 5.56 Å². The SMILES string of the molecule is CC(C)(C)n1ncc2c(=O)n(Cc3ccccn3)cnc21. The summed E-state index contributed by atoms with van der Waals surface area (Å²) in [5.41, 5.74) is 1.13. The molecule has 6 heteroatoms. The Kier molecular flexibility index (Phi) is 3.08. The van der Waals surface area contributed by atoms with Gasteiger partial charge in [-0.3, -0.25) is 14.3 Å². The molecule has 0 spiro atoms. The standard InChI is InChI=1S/C15H17N5O/c1-15(2,3)20-13-12(8-18-20)14(21)19(10-17-13)9-11-6-4-5-7-16-11/h4-8,10H,9H2,1-3H3. The molecule has 0 N–H and O–H groups in total. The number of hydrogen-bond donors (Lipinski definition) is 0. The Morgan fingerprint density at radius 1 is 1.19 bits per heavy atom. The lowest BCUT2D eigenvalue weighted by atomic mass is 10.1. The van der Waals surface area contributed by atoms with Crippen LogP contribution in [0, 0.1) is 0 Å². The highest BCUT2D eigenvalue weighted by atomic mass is 16.1. The molecule has 0 saturated carbocycles. The average Bonchev–Trinajstić information content (AvgIpc) is 2.88. The van der Waals surface area contributed by atoms with Gasteiger partial charge in [0.15, 0.2) is 5.65 Å². The van der Waals surface area contributed by atoms with Crippen molar-refractivity contribution >= 4 is 11.0 Å². The van der Waals surface area contributed by atoms with E-state index in [4.69, 9.17) is 0 Å². The van der Waals surface area contributed by atoms with Crippen molar-refractivity contribution in [3.63, 3.8) is 0 Å². The molecule has 3 aromatic rings. The van der Waals surface area contributed by atoms with Gasteiger partial charge in [-0.2, -0.15) is 5.10 Å². The van der Waals surface area contributed by atoms with Crippen LogP contribution in [-0.2, 0) is 12.1 Å². The van der Waals surface area contributed by atoms with Crippen LogP contribution in [0.2, 0.25) is 0 Å². The smallest absolute Gasteiger partial charge is 0.264 e. The monoisotopic (exact) mass is 283 g/mol. The van der Waals surface area contributed by atoms with Crippen LogP contribution in [0.15, 0.2) is 41.7 Å². The second-order valence-corrected chi connectivity index (χ2v) is 5.96. The molecule has 0 aliphatic heterocycles. The number of nitrogens with zero attached hydrogens (tertiary/aromatic N) is 5. The lowest BCUT2D eigenvalue weighted by Gasteiger charge is -2.19. The Morgan fingerprint density at radius 2 is 2.00 bits per heavy atom. The summed E-state index contributed by atoms with van der Waals surface area (Å²) in [7, 11) is 0. The predicted molar refractivity (Wildman–Crippen MR) is 80.1 cm³/mol. The van der Waals surface area contributed by atoms with Gasteiger partial charge in [-0.05, 0) is 32.9 Å². The Hall–Kier alpha value is -2.50. The first-order valence-electron chi connectivity index (χ1n) is 6.80. The topological polar surface area (TPSA) is 65.6 Å². The maximum atomic E-state index is 12.5. The van der Waals surface area contributed by atoms with Crippen LogP contribution in [0.4, 0.5) is 0 Å². The zero-order valence-electron chi connectivity index (χ0n) is 12.3. The Morgan fingerprint density at radius 3 is 2.67 bits per heavy atom. The molecular weight excluding hydrogens is 266 g/mol. The van der Waals surface area contributed by atoms with Crippen molar-refractivity contribution in [2.75, 3.05) is 0 Å². The highest BCUT2D eigenvalue weighted by Crippen LogP contribution is 2.17. The summed E-state index contributed by atoms with van der Waals surface area (Å²) in [5, 5.41) is 4.83. The fraction of sp³-hybridized carbons (Fsp3) is 0.333. The third-order valence-corrected chi connectivity index (χ3v) is 3.25. The van der Waals surface area contributed by atoms with E-state index >= 15 is 0 Å². The average molecular weight is 283 g/mol. The molecule has 3 heterocycles. The fourth-order valence-electron chi connectivity index (χ4n) is 2.22. The fourth-order valence-corrected chi connectivity index (χ4v) is 2.22. The molecule has 0 aromatic carbocycles. The van der Waals surface area contributed by atoms with Gasteiger partial charge in [0.05, 0.1) is 24.0 Å². The lowest BCUT2D eigenvalue weighted by molar-refractivity contribution is 0.365. The normalized spacial score (nSPS) is 12.0. The lowest BCUT2D eigenvalue weighted by Crippen LogP contribution is -2.25. The van der Waals surface area contributed by atoms with Gasteiger partial charge in [0.2, 0.25) is 0 Å². The maximum Gasteiger partial charge on any atom is 0.264 e. The van der Waals surface area contributed by atoms with Gasteiger partial charge in [-0.1, -0.05) is 6.07 Å². The van der Waals surface area contributed by atoms with Crippen LogP contribution < -0.4 is 5.56 Å². The molecular formula is C15H17N5O. The van der Waals surface area contributed by atoms with Crippen LogP contribution in [0.5, 0.6) is 0 Å². The van der Waals surface area contributed by atoms with E-state index in [1.807, 2.05) is 39.0 Å². The quantitative estimate of drug-likeness (QED) is 0.719. The Bertz CT molecular complexity index is 827. The van der Waals surface area contributed by atoms with Crippen molar-refractivity contribution in [1.82, 2.24) is 24.3 Å². The molecule has 108 valence electrons. The van der Waals surface area contributed by atoms with E-state index in [1.165, 1.54) is 0 Å². The van der Waals surface area contributed by atoms with Crippen LogP contribution >= 0.6 is 0 Å². The Balaban J connectivity index is 2.08. The number of hydrogen-bond acceptors (Lipinski definition) is 4. The molecule has 6 nitrogen and oxygen atoms in total. The highest BCUT2D eigenvalue weighted by Gasteiger charge is 2.19. The number of fused-ring (bicyclic) bond motifs is 1. The summed E-state index contributed by atoms with van der Waals surface area (Å²) in [6.45, 7) is 6.49. The molecule has 3 rings (SSSR count). The van der Waals surface area contributed by atoms with Crippen molar-refractivity contribution < 1.29 is 0 Å². The van der Waals surface area contributed by atoms with E-state index in [-0.39, 0.29) is 11.1 Å². The van der Waals surface area contributed by atoms with Crippen LogP contribution in [-0.4, -0.2) is 24.3 Å². The summed E-state index contributed by atoms with van der Waals surface area (Å²) < 4.78 is 3.33. The van der Waals surface area contributed by atoms with Crippen LogP contribution in [0.25, 0.3) is 11.0 Å². The third kappa shape index (κ3) is 2.44. The van der Waals surface area contributed by atoms with E-state index in [9.17, 15) is 4.79 Å². The number of aromatic nitrogens is 5. The zero-order chi connectivity index (χ0) is 15.0. The van der Waals surface area contributed by atoms with Crippen molar-refractivity contribution in [2.24, 2.45) is 0 Å². The maximum absolute atomic E-state index is 12.5. The molecule has 21 heavy (non-hydrogen) atoms. The highest BCUT2D eigenvalue weighted by molar-refractivity contribution is 5.73. The summed E-state index contributed by atoms with van der Waals surface area (Å²) in [6.07, 6.45) is 4.86. The number of pyridine rings is 1. The second kappa shape index (κ2) is 4.80. The molecule has 0 bridgehead atoms. The van der Waals surface area contributed by atoms with Crippen molar-refractivity contribution in [3.8, 4) is 0 Å². The minimum atomic E-state index is -0.214. The van der Waals surface area contributed by atoms with Gasteiger partial charge in [-0.25, -0.2) is 9.67 Å². The van der Waals surface area contributed by atoms with E-state index in [2.05, 4.69) is 15.1 Å². The molecule has 0 saturated heterocycles. The molecule has 0 unspecified atom stereocenters. The summed E-state index contributed by atoms with van der Waals surface area (Å²) in [6, 6.07) is 5.63. The van der Waals surface area contributed by atoms with Crippen LogP contribution in [0.3, 0.4) is 0 Å². The molecule has 0 fully saturated rings. The van der Waals surface area contributed by atoms with Gasteiger partial charge >= 0.3 is 0 Å². The van der Waals surface area contributed by atoms with Crippen molar-refractivity contribution in [2.45, 2.75) is 32.9 Å². The van der Waals surface area contributed by atoms with Gasteiger partial charge in [0, 0.05) is 6.20 Å². The van der Waals surface area contributed by atoms with E-state index in [1.54, 1.807) is 28.0 Å². The molecule has 0 aliphatic rings. The number of rotatable bonds is 2. The minimum Gasteiger partial charge on any atom is -0.292 e. The zero-order valence-corrected chi connectivity index (χ0v) is 12.3. The van der Waals surface area contributed by atoms with Crippen molar-refractivity contribution in [1.29, 1.82) is 0 Å². The van der Waals surface area contributed by atoms with Crippen molar-refractivity contribution in [3.05, 3.63) is 53.0 Å². The summed E-state index contributed by atoms with van der Waals surface area (Å²) in [4.78, 5) is 21.1. The molecule has 0 amide bonds. The second-order valence-electron chi connectivity index (χ2n) is 5.96. The molecule has 0 aliphatic carbocycles. The van der Waals surface area contributed by atoms with Gasteiger partial charge in [0.1, 0.15) is 11.7 Å². The summed E-state index contributed by atoms with van der Waals surface area (Å²) >= 11 is 0. The van der Waals surface area contributed by atoms with E-state index in [0.29, 0.717) is 17.6 Å². The summed E-state index contributed by atoms with van der Waals surface area (Å²) in [5.74, 6) is 0. The Labute approximate surface area is 122 Å². The van der Waals surface area contributed by atoms with Crippen LogP contribution in [0.1, 0.15) is 26.5 Å². The third-order valence-electron chi connectivity index (χ3n) is 3.25. The molecule has 0 atom stereocenters. The first-order valence-corrected chi connectivity index (χ1v) is 6.80. The minimum absolute atomic E-state index is 0.0962. The molecule has 0 radical (unpaired) electrons. The van der Waals surface area contributed by atoms with E-state index in [0.717, 1.165) is 5.69 Å². The first kappa shape index (κ1) is 13.5. The van der Waals surface area contributed by atoms with Gasteiger partial charge < -0.3 is 0 Å². The van der Waals surface area contributed by atoms with E-state index < -0.39 is 0 Å². The first-order chi connectivity index (χ1) is 9.97. The largest absolute Gasteiger partial charge is 0.292 e.